The van der Waals surface area contributed by atoms with Gasteiger partial charge in [-0.3, -0.25) is 4.79 Å². The van der Waals surface area contributed by atoms with E-state index in [1.807, 2.05) is 0 Å². The lowest BCUT2D eigenvalue weighted by atomic mass is 10.0. The summed E-state index contributed by atoms with van der Waals surface area (Å²) in [5, 5.41) is 0. The molecular weight excluding hydrogens is 407 g/mol. The van der Waals surface area contributed by atoms with Crippen LogP contribution >= 0.6 is 31.9 Å². The Labute approximate surface area is 138 Å². The predicted molar refractivity (Wildman–Crippen MR) is 84.8 cm³/mol. The van der Waals surface area contributed by atoms with Crippen LogP contribution in [0, 0.1) is 5.82 Å². The highest BCUT2D eigenvalue weighted by molar-refractivity contribution is 9.11. The molecule has 0 unspecified atom stereocenters. The van der Waals surface area contributed by atoms with Gasteiger partial charge >= 0.3 is 0 Å². The molecule has 0 amide bonds. The minimum Gasteiger partial charge on any atom is -0.493 e. The molecule has 0 saturated carbocycles. The molecule has 0 aromatic heterocycles. The summed E-state index contributed by atoms with van der Waals surface area (Å²) >= 11 is 6.43. The summed E-state index contributed by atoms with van der Waals surface area (Å²) in [6, 6.07) is 7.52. The highest BCUT2D eigenvalue weighted by Crippen LogP contribution is 2.35. The molecule has 0 bridgehead atoms. The zero-order valence-electron chi connectivity index (χ0n) is 11.2. The van der Waals surface area contributed by atoms with Crippen molar-refractivity contribution < 1.29 is 18.7 Å². The normalized spacial score (nSPS) is 10.3. The molecule has 0 spiro atoms. The SMILES string of the molecule is COc1cc(Br)c(C(=O)c2cccc(F)c2Br)cc1OC. The second-order valence-corrected chi connectivity index (χ2v) is 5.76. The summed E-state index contributed by atoms with van der Waals surface area (Å²) in [5.74, 6) is 0.113. The molecular formula is C15H11Br2FO3. The minimum absolute atomic E-state index is 0.136. The van der Waals surface area contributed by atoms with Crippen LogP contribution in [-0.4, -0.2) is 20.0 Å². The van der Waals surface area contributed by atoms with Gasteiger partial charge < -0.3 is 9.47 Å². The average Bonchev–Trinajstić information content (AvgIpc) is 2.49. The van der Waals surface area contributed by atoms with E-state index >= 15 is 0 Å². The predicted octanol–water partition coefficient (Wildman–Crippen LogP) is 4.60. The Bertz CT molecular complexity index is 702. The van der Waals surface area contributed by atoms with Crippen LogP contribution in [0.3, 0.4) is 0 Å². The standard InChI is InChI=1S/C15H11Br2FO3/c1-20-12-6-9(10(16)7-13(12)21-2)15(19)8-4-3-5-11(18)14(8)17/h3-7H,1-2H3. The third kappa shape index (κ3) is 3.11. The Hall–Kier alpha value is -1.40. The highest BCUT2D eigenvalue weighted by Gasteiger charge is 2.20. The van der Waals surface area contributed by atoms with Gasteiger partial charge in [0.25, 0.3) is 0 Å². The van der Waals surface area contributed by atoms with Gasteiger partial charge in [-0.1, -0.05) is 6.07 Å². The zero-order valence-corrected chi connectivity index (χ0v) is 14.4. The molecule has 21 heavy (non-hydrogen) atoms. The van der Waals surface area contributed by atoms with Crippen molar-refractivity contribution in [1.29, 1.82) is 0 Å². The van der Waals surface area contributed by atoms with Crippen molar-refractivity contribution >= 4 is 37.6 Å². The van der Waals surface area contributed by atoms with E-state index in [1.165, 1.54) is 26.4 Å². The first-order valence-electron chi connectivity index (χ1n) is 5.89. The second-order valence-electron chi connectivity index (χ2n) is 4.12. The van der Waals surface area contributed by atoms with Crippen molar-refractivity contribution in [2.24, 2.45) is 0 Å². The van der Waals surface area contributed by atoms with Crippen LogP contribution in [0.25, 0.3) is 0 Å². The van der Waals surface area contributed by atoms with Gasteiger partial charge in [0.2, 0.25) is 0 Å². The quantitative estimate of drug-likeness (QED) is 0.682. The second kappa shape index (κ2) is 6.58. The molecule has 2 rings (SSSR count). The van der Waals surface area contributed by atoms with Crippen molar-refractivity contribution in [3.05, 3.63) is 56.2 Å². The lowest BCUT2D eigenvalue weighted by Crippen LogP contribution is -2.05. The van der Waals surface area contributed by atoms with Crippen LogP contribution in [-0.2, 0) is 0 Å². The van der Waals surface area contributed by atoms with E-state index in [9.17, 15) is 9.18 Å². The summed E-state index contributed by atoms with van der Waals surface area (Å²) in [7, 11) is 2.99. The number of benzene rings is 2. The Morgan fingerprint density at radius 2 is 1.67 bits per heavy atom. The number of rotatable bonds is 4. The van der Waals surface area contributed by atoms with Gasteiger partial charge in [-0.05, 0) is 56.1 Å². The fraction of sp³-hybridized carbons (Fsp3) is 0.133. The number of hydrogen-bond donors (Lipinski definition) is 0. The number of ether oxygens (including phenoxy) is 2. The van der Waals surface area contributed by atoms with E-state index in [1.54, 1.807) is 18.2 Å². The Kier molecular flexibility index (Phi) is 5.00. The minimum atomic E-state index is -0.488. The molecule has 0 aliphatic rings. The number of ketones is 1. The summed E-state index contributed by atoms with van der Waals surface area (Å²) < 4.78 is 24.6. The van der Waals surface area contributed by atoms with Crippen molar-refractivity contribution in [3.63, 3.8) is 0 Å². The monoisotopic (exact) mass is 416 g/mol. The van der Waals surface area contributed by atoms with Crippen molar-refractivity contribution in [3.8, 4) is 11.5 Å². The molecule has 0 N–H and O–H groups in total. The van der Waals surface area contributed by atoms with E-state index in [4.69, 9.17) is 9.47 Å². The number of carbonyl (C=O) groups excluding carboxylic acids is 1. The summed E-state index contributed by atoms with van der Waals surface area (Å²) in [6.07, 6.45) is 0. The molecule has 0 aliphatic carbocycles. The van der Waals surface area contributed by atoms with E-state index in [-0.39, 0.29) is 15.8 Å². The number of methoxy groups -OCH3 is 2. The fourth-order valence-electron chi connectivity index (χ4n) is 1.85. The molecule has 0 heterocycles. The van der Waals surface area contributed by atoms with Gasteiger partial charge in [-0.25, -0.2) is 4.39 Å². The Morgan fingerprint density at radius 1 is 1.05 bits per heavy atom. The van der Waals surface area contributed by atoms with E-state index in [2.05, 4.69) is 31.9 Å². The molecule has 3 nitrogen and oxygen atoms in total. The molecule has 6 heteroatoms. The summed E-state index contributed by atoms with van der Waals surface area (Å²) in [6.45, 7) is 0. The topological polar surface area (TPSA) is 35.5 Å². The van der Waals surface area contributed by atoms with Crippen LogP contribution in [0.2, 0.25) is 0 Å². The molecule has 2 aromatic rings. The molecule has 2 aromatic carbocycles. The highest BCUT2D eigenvalue weighted by atomic mass is 79.9. The van der Waals surface area contributed by atoms with Crippen molar-refractivity contribution in [2.75, 3.05) is 14.2 Å². The fourth-order valence-corrected chi connectivity index (χ4v) is 2.80. The van der Waals surface area contributed by atoms with Crippen LogP contribution in [0.15, 0.2) is 39.3 Å². The van der Waals surface area contributed by atoms with Gasteiger partial charge in [0.15, 0.2) is 17.3 Å². The van der Waals surface area contributed by atoms with Crippen LogP contribution in [0.5, 0.6) is 11.5 Å². The van der Waals surface area contributed by atoms with Gasteiger partial charge in [0.05, 0.1) is 18.7 Å². The average molecular weight is 418 g/mol. The van der Waals surface area contributed by atoms with E-state index in [0.29, 0.717) is 21.5 Å². The molecule has 0 fully saturated rings. The molecule has 0 atom stereocenters. The first-order valence-corrected chi connectivity index (χ1v) is 7.48. The lowest BCUT2D eigenvalue weighted by molar-refractivity contribution is 0.103. The van der Waals surface area contributed by atoms with Gasteiger partial charge in [-0.2, -0.15) is 0 Å². The van der Waals surface area contributed by atoms with Gasteiger partial charge in [0.1, 0.15) is 5.82 Å². The first kappa shape index (κ1) is 16.0. The largest absolute Gasteiger partial charge is 0.493 e. The molecule has 110 valence electrons. The molecule has 0 saturated heterocycles. The number of halogens is 3. The van der Waals surface area contributed by atoms with Crippen LogP contribution < -0.4 is 9.47 Å². The van der Waals surface area contributed by atoms with E-state index in [0.717, 1.165) is 0 Å². The Balaban J connectivity index is 2.56. The van der Waals surface area contributed by atoms with Crippen molar-refractivity contribution in [1.82, 2.24) is 0 Å². The van der Waals surface area contributed by atoms with Crippen LogP contribution in [0.1, 0.15) is 15.9 Å². The molecule has 0 radical (unpaired) electrons. The van der Waals surface area contributed by atoms with Crippen molar-refractivity contribution in [2.45, 2.75) is 0 Å². The van der Waals surface area contributed by atoms with E-state index < -0.39 is 5.82 Å². The number of hydrogen-bond acceptors (Lipinski definition) is 3. The maximum Gasteiger partial charge on any atom is 0.195 e. The maximum atomic E-state index is 13.6. The maximum absolute atomic E-state index is 13.6. The lowest BCUT2D eigenvalue weighted by Gasteiger charge is -2.12. The van der Waals surface area contributed by atoms with Gasteiger partial charge in [-0.15, -0.1) is 0 Å². The number of carbonyl (C=O) groups is 1. The Morgan fingerprint density at radius 3 is 2.29 bits per heavy atom. The third-order valence-corrected chi connectivity index (χ3v) is 4.38. The third-order valence-electron chi connectivity index (χ3n) is 2.91. The summed E-state index contributed by atoms with van der Waals surface area (Å²) in [4.78, 5) is 12.6. The van der Waals surface area contributed by atoms with Crippen LogP contribution in [0.4, 0.5) is 4.39 Å². The molecule has 0 aliphatic heterocycles. The first-order chi connectivity index (χ1) is 9.99. The smallest absolute Gasteiger partial charge is 0.195 e. The zero-order chi connectivity index (χ0) is 15.6. The van der Waals surface area contributed by atoms with Gasteiger partial charge in [0, 0.05) is 15.6 Å². The summed E-state index contributed by atoms with van der Waals surface area (Å²) in [5.41, 5.74) is 0.599.